The number of nitrogens with one attached hydrogen (secondary N) is 1. The summed E-state index contributed by atoms with van der Waals surface area (Å²) >= 11 is 0. The van der Waals surface area contributed by atoms with E-state index in [2.05, 4.69) is 9.71 Å². The highest BCUT2D eigenvalue weighted by Gasteiger charge is 2.21. The number of sulfonamides is 1. The lowest BCUT2D eigenvalue weighted by atomic mass is 10.1. The SMILES string of the molecule is O=S(=O)(Nc1oc(CCO)nc1-c1ccc(F)cc1)c1ccccc1. The first-order chi connectivity index (χ1) is 12.0. The fraction of sp³-hybridized carbons (Fsp3) is 0.118. The number of rotatable bonds is 6. The topological polar surface area (TPSA) is 92.4 Å². The van der Waals surface area contributed by atoms with Crippen molar-refractivity contribution in [3.8, 4) is 11.3 Å². The van der Waals surface area contributed by atoms with E-state index in [-0.39, 0.29) is 35.4 Å². The van der Waals surface area contributed by atoms with Gasteiger partial charge in [-0.2, -0.15) is 0 Å². The number of hydrogen-bond donors (Lipinski definition) is 2. The second-order valence-corrected chi connectivity index (χ2v) is 6.87. The first-order valence-corrected chi connectivity index (χ1v) is 8.92. The predicted octanol–water partition coefficient (Wildman–Crippen LogP) is 2.82. The van der Waals surface area contributed by atoms with Crippen molar-refractivity contribution in [2.24, 2.45) is 0 Å². The average Bonchev–Trinajstić information content (AvgIpc) is 2.98. The van der Waals surface area contributed by atoms with Crippen LogP contribution < -0.4 is 4.72 Å². The van der Waals surface area contributed by atoms with Crippen molar-refractivity contribution in [2.45, 2.75) is 11.3 Å². The molecule has 0 aliphatic heterocycles. The number of aliphatic hydroxyl groups excluding tert-OH is 1. The Kier molecular flexibility index (Phi) is 4.82. The van der Waals surface area contributed by atoms with Crippen LogP contribution in [0.1, 0.15) is 5.89 Å². The minimum absolute atomic E-state index is 0.0696. The molecule has 0 spiro atoms. The van der Waals surface area contributed by atoms with Gasteiger partial charge in [0.25, 0.3) is 10.0 Å². The molecule has 0 saturated carbocycles. The Morgan fingerprint density at radius 3 is 2.40 bits per heavy atom. The number of oxazole rings is 1. The van der Waals surface area contributed by atoms with Crippen molar-refractivity contribution in [2.75, 3.05) is 11.3 Å². The highest BCUT2D eigenvalue weighted by molar-refractivity contribution is 7.92. The van der Waals surface area contributed by atoms with Gasteiger partial charge in [0.1, 0.15) is 11.5 Å². The van der Waals surface area contributed by atoms with Gasteiger partial charge >= 0.3 is 0 Å². The molecule has 0 amide bonds. The van der Waals surface area contributed by atoms with Crippen LogP contribution in [0.2, 0.25) is 0 Å². The van der Waals surface area contributed by atoms with Crippen molar-refractivity contribution in [1.29, 1.82) is 0 Å². The lowest BCUT2D eigenvalue weighted by Gasteiger charge is -2.06. The molecule has 130 valence electrons. The number of hydrogen-bond acceptors (Lipinski definition) is 5. The first-order valence-electron chi connectivity index (χ1n) is 7.44. The third kappa shape index (κ3) is 3.86. The van der Waals surface area contributed by atoms with Gasteiger partial charge in [0, 0.05) is 12.0 Å². The summed E-state index contributed by atoms with van der Waals surface area (Å²) < 4.78 is 45.9. The van der Waals surface area contributed by atoms with Crippen molar-refractivity contribution in [1.82, 2.24) is 4.98 Å². The maximum atomic E-state index is 13.1. The lowest BCUT2D eigenvalue weighted by molar-refractivity contribution is 0.286. The third-order valence-electron chi connectivity index (χ3n) is 3.40. The molecule has 3 aromatic rings. The van der Waals surface area contributed by atoms with Crippen LogP contribution in [-0.4, -0.2) is 25.1 Å². The normalized spacial score (nSPS) is 11.4. The Balaban J connectivity index is 2.01. The van der Waals surface area contributed by atoms with Gasteiger partial charge in [-0.05, 0) is 36.4 Å². The number of aromatic nitrogens is 1. The average molecular weight is 362 g/mol. The fourth-order valence-corrected chi connectivity index (χ4v) is 3.24. The molecule has 3 rings (SSSR count). The standard InChI is InChI=1S/C17H15FN2O4S/c18-13-8-6-12(7-9-13)16-17(24-15(19-16)10-11-21)20-25(22,23)14-4-2-1-3-5-14/h1-9,20-21H,10-11H2. The zero-order valence-corrected chi connectivity index (χ0v) is 13.8. The van der Waals surface area contributed by atoms with Crippen LogP contribution in [0, 0.1) is 5.82 Å². The molecule has 2 aromatic carbocycles. The van der Waals surface area contributed by atoms with Gasteiger partial charge < -0.3 is 9.52 Å². The van der Waals surface area contributed by atoms with Crippen LogP contribution in [-0.2, 0) is 16.4 Å². The minimum atomic E-state index is -3.87. The zero-order valence-electron chi connectivity index (χ0n) is 13.0. The summed E-state index contributed by atoms with van der Waals surface area (Å²) in [4.78, 5) is 4.27. The highest BCUT2D eigenvalue weighted by atomic mass is 32.2. The fourth-order valence-electron chi connectivity index (χ4n) is 2.22. The molecule has 6 nitrogen and oxygen atoms in total. The Hall–Kier alpha value is -2.71. The van der Waals surface area contributed by atoms with E-state index < -0.39 is 15.8 Å². The van der Waals surface area contributed by atoms with Crippen molar-refractivity contribution in [3.63, 3.8) is 0 Å². The summed E-state index contributed by atoms with van der Waals surface area (Å²) in [6.45, 7) is -0.200. The van der Waals surface area contributed by atoms with Gasteiger partial charge in [-0.25, -0.2) is 22.5 Å². The smallest absolute Gasteiger partial charge is 0.264 e. The molecule has 1 heterocycles. The van der Waals surface area contributed by atoms with E-state index >= 15 is 0 Å². The Bertz CT molecular complexity index is 954. The number of benzene rings is 2. The maximum Gasteiger partial charge on any atom is 0.264 e. The Morgan fingerprint density at radius 2 is 1.76 bits per heavy atom. The molecule has 1 aromatic heterocycles. The maximum absolute atomic E-state index is 13.1. The van der Waals surface area contributed by atoms with E-state index in [4.69, 9.17) is 9.52 Å². The quantitative estimate of drug-likeness (QED) is 0.703. The summed E-state index contributed by atoms with van der Waals surface area (Å²) in [7, 11) is -3.87. The molecule has 0 aliphatic carbocycles. The van der Waals surface area contributed by atoms with E-state index in [9.17, 15) is 12.8 Å². The van der Waals surface area contributed by atoms with Crippen LogP contribution >= 0.6 is 0 Å². The number of halogens is 1. The van der Waals surface area contributed by atoms with Gasteiger partial charge in [0.05, 0.1) is 11.5 Å². The molecular weight excluding hydrogens is 347 g/mol. The second-order valence-electron chi connectivity index (χ2n) is 5.18. The summed E-state index contributed by atoms with van der Waals surface area (Å²) in [5, 5.41) is 9.05. The van der Waals surface area contributed by atoms with Crippen LogP contribution in [0.25, 0.3) is 11.3 Å². The Labute approximate surface area is 144 Å². The second kappa shape index (κ2) is 7.04. The van der Waals surface area contributed by atoms with E-state index in [0.717, 1.165) is 0 Å². The van der Waals surface area contributed by atoms with E-state index in [1.54, 1.807) is 18.2 Å². The van der Waals surface area contributed by atoms with Crippen molar-refractivity contribution >= 4 is 15.9 Å². The highest BCUT2D eigenvalue weighted by Crippen LogP contribution is 2.30. The van der Waals surface area contributed by atoms with Crippen molar-refractivity contribution in [3.05, 3.63) is 66.3 Å². The molecule has 25 heavy (non-hydrogen) atoms. The van der Waals surface area contributed by atoms with Gasteiger partial charge in [0.15, 0.2) is 5.89 Å². The van der Waals surface area contributed by atoms with Gasteiger partial charge in [-0.1, -0.05) is 18.2 Å². The van der Waals surface area contributed by atoms with Crippen LogP contribution in [0.15, 0.2) is 63.9 Å². The first kappa shape index (κ1) is 17.1. The van der Waals surface area contributed by atoms with Gasteiger partial charge in [-0.15, -0.1) is 0 Å². The summed E-state index contributed by atoms with van der Waals surface area (Å²) in [5.41, 5.74) is 0.711. The van der Waals surface area contributed by atoms with Gasteiger partial charge in [0.2, 0.25) is 5.88 Å². The largest absolute Gasteiger partial charge is 0.424 e. The van der Waals surface area contributed by atoms with Crippen molar-refractivity contribution < 1.29 is 22.3 Å². The van der Waals surface area contributed by atoms with E-state index in [0.29, 0.717) is 5.56 Å². The molecule has 0 aliphatic rings. The third-order valence-corrected chi connectivity index (χ3v) is 4.74. The number of anilines is 1. The minimum Gasteiger partial charge on any atom is -0.424 e. The molecule has 0 atom stereocenters. The molecule has 0 unspecified atom stereocenters. The molecule has 0 saturated heterocycles. The van der Waals surface area contributed by atoms with Crippen LogP contribution in [0.3, 0.4) is 0 Å². The molecular formula is C17H15FN2O4S. The number of nitrogens with zero attached hydrogens (tertiary/aromatic N) is 1. The Morgan fingerprint density at radius 1 is 1.08 bits per heavy atom. The number of aliphatic hydroxyl groups is 1. The van der Waals surface area contributed by atoms with Crippen LogP contribution in [0.4, 0.5) is 10.3 Å². The van der Waals surface area contributed by atoms with E-state index in [1.807, 2.05) is 0 Å². The summed E-state index contributed by atoms with van der Waals surface area (Å²) in [6.07, 6.45) is 0.126. The molecule has 0 bridgehead atoms. The van der Waals surface area contributed by atoms with Gasteiger partial charge in [-0.3, -0.25) is 0 Å². The summed E-state index contributed by atoms with van der Waals surface area (Å²) in [6, 6.07) is 13.2. The zero-order chi connectivity index (χ0) is 17.9. The predicted molar refractivity (Wildman–Crippen MR) is 89.9 cm³/mol. The van der Waals surface area contributed by atoms with Crippen LogP contribution in [0.5, 0.6) is 0 Å². The van der Waals surface area contributed by atoms with E-state index in [1.165, 1.54) is 36.4 Å². The summed E-state index contributed by atoms with van der Waals surface area (Å²) in [5.74, 6) is -0.333. The molecule has 0 fully saturated rings. The molecule has 0 radical (unpaired) electrons. The lowest BCUT2D eigenvalue weighted by Crippen LogP contribution is -2.12. The molecule has 2 N–H and O–H groups in total. The molecule has 8 heteroatoms. The monoisotopic (exact) mass is 362 g/mol.